The summed E-state index contributed by atoms with van der Waals surface area (Å²) in [4.78, 5) is 49.0. The number of ketones is 1. The van der Waals surface area contributed by atoms with Gasteiger partial charge in [0.1, 0.15) is 17.4 Å². The Balaban J connectivity index is 1.87. The number of epoxide rings is 1. The van der Waals surface area contributed by atoms with Gasteiger partial charge in [0.05, 0.1) is 25.8 Å². The van der Waals surface area contributed by atoms with Gasteiger partial charge >= 0.3 is 0 Å². The second kappa shape index (κ2) is 9.81. The maximum atomic E-state index is 12.5. The molecule has 0 spiro atoms. The average Bonchev–Trinajstić information content (AvgIpc) is 3.29. The fourth-order valence-corrected chi connectivity index (χ4v) is 2.76. The summed E-state index contributed by atoms with van der Waals surface area (Å²) in [7, 11) is 0. The molecule has 0 aliphatic carbocycles. The third-order valence-corrected chi connectivity index (χ3v) is 4.55. The van der Waals surface area contributed by atoms with Crippen LogP contribution in [-0.4, -0.2) is 71.2 Å². The molecule has 166 valence electrons. The summed E-state index contributed by atoms with van der Waals surface area (Å²) < 4.78 is 9.96. The van der Waals surface area contributed by atoms with E-state index in [1.54, 1.807) is 13.8 Å². The molecular weight excluding hydrogens is 396 g/mol. The third kappa shape index (κ3) is 6.36. The molecular formula is C19H28N4O7. The molecule has 3 atom stereocenters. The van der Waals surface area contributed by atoms with Gasteiger partial charge in [0, 0.05) is 6.07 Å². The number of carbonyl (C=O) groups excluding carboxylic acids is 4. The summed E-state index contributed by atoms with van der Waals surface area (Å²) in [6.45, 7) is 6.33. The first-order chi connectivity index (χ1) is 14.1. The van der Waals surface area contributed by atoms with E-state index in [9.17, 15) is 24.3 Å². The maximum absolute atomic E-state index is 12.5. The van der Waals surface area contributed by atoms with Crippen LogP contribution in [0, 0.1) is 12.8 Å². The van der Waals surface area contributed by atoms with Gasteiger partial charge < -0.3 is 30.3 Å². The SMILES string of the molecule is Cc1cc(C(=O)N[C@@H](CO)C(=O)NCC(=O)N[C@@H](CC(C)C)C(=O)[C@@]2(C)CO2)no1. The molecule has 0 saturated carbocycles. The van der Waals surface area contributed by atoms with Crippen molar-refractivity contribution in [3.05, 3.63) is 17.5 Å². The molecule has 3 amide bonds. The topological polar surface area (TPSA) is 163 Å². The van der Waals surface area contributed by atoms with Crippen LogP contribution >= 0.6 is 0 Å². The standard InChI is InChI=1S/C19H28N4O7/c1-10(2)5-12(16(26)19(4)9-29-19)21-15(25)7-20-17(27)14(8-24)22-18(28)13-6-11(3)30-23-13/h6,10,12,14,24H,5,7-9H2,1-4H3,(H,20,27)(H,21,25)(H,22,28)/t12-,14-,19+/m0/s1. The summed E-state index contributed by atoms with van der Waals surface area (Å²) in [5, 5.41) is 20.2. The van der Waals surface area contributed by atoms with Crippen molar-refractivity contribution < 1.29 is 33.5 Å². The van der Waals surface area contributed by atoms with Gasteiger partial charge in [0.25, 0.3) is 5.91 Å². The molecule has 1 aliphatic heterocycles. The first kappa shape index (κ1) is 23.5. The van der Waals surface area contributed by atoms with Crippen LogP contribution < -0.4 is 16.0 Å². The van der Waals surface area contributed by atoms with Gasteiger partial charge in [-0.15, -0.1) is 0 Å². The number of carbonyl (C=O) groups is 4. The summed E-state index contributed by atoms with van der Waals surface area (Å²) in [5.74, 6) is -1.67. The van der Waals surface area contributed by atoms with Gasteiger partial charge in [-0.25, -0.2) is 0 Å². The second-order valence-corrected chi connectivity index (χ2v) is 7.88. The number of amides is 3. The lowest BCUT2D eigenvalue weighted by Gasteiger charge is -2.22. The van der Waals surface area contributed by atoms with E-state index in [4.69, 9.17) is 9.26 Å². The molecule has 30 heavy (non-hydrogen) atoms. The Morgan fingerprint density at radius 2 is 1.90 bits per heavy atom. The molecule has 1 fully saturated rings. The quantitative estimate of drug-likeness (QED) is 0.331. The number of aromatic nitrogens is 1. The molecule has 2 rings (SSSR count). The van der Waals surface area contributed by atoms with Crippen molar-refractivity contribution in [2.24, 2.45) is 5.92 Å². The van der Waals surface area contributed by atoms with Crippen LogP contribution in [0.25, 0.3) is 0 Å². The zero-order valence-corrected chi connectivity index (χ0v) is 17.5. The lowest BCUT2D eigenvalue weighted by atomic mass is 9.93. The Labute approximate surface area is 173 Å². The van der Waals surface area contributed by atoms with Crippen molar-refractivity contribution in [2.45, 2.75) is 51.8 Å². The lowest BCUT2D eigenvalue weighted by Crippen LogP contribution is -2.53. The second-order valence-electron chi connectivity index (χ2n) is 7.88. The number of Topliss-reactive ketones (excluding diaryl/α,β-unsaturated/α-hetero) is 1. The van der Waals surface area contributed by atoms with E-state index < -0.39 is 48.6 Å². The number of aliphatic hydroxyl groups excluding tert-OH is 1. The van der Waals surface area contributed by atoms with Gasteiger partial charge in [0.2, 0.25) is 11.8 Å². The number of hydrogen-bond acceptors (Lipinski definition) is 8. The van der Waals surface area contributed by atoms with E-state index in [1.807, 2.05) is 13.8 Å². The first-order valence-electron chi connectivity index (χ1n) is 9.66. The minimum atomic E-state index is -1.28. The van der Waals surface area contributed by atoms with E-state index in [-0.39, 0.29) is 17.4 Å². The number of nitrogens with one attached hydrogen (secondary N) is 3. The normalized spacial score (nSPS) is 19.7. The molecule has 1 aromatic heterocycles. The Kier molecular flexibility index (Phi) is 7.68. The van der Waals surface area contributed by atoms with Crippen LogP contribution in [0.5, 0.6) is 0 Å². The first-order valence-corrected chi connectivity index (χ1v) is 9.66. The Bertz CT molecular complexity index is 801. The van der Waals surface area contributed by atoms with Crippen molar-refractivity contribution in [2.75, 3.05) is 19.8 Å². The molecule has 1 saturated heterocycles. The highest BCUT2D eigenvalue weighted by Crippen LogP contribution is 2.29. The lowest BCUT2D eigenvalue weighted by molar-refractivity contribution is -0.131. The van der Waals surface area contributed by atoms with Gasteiger partial charge in [-0.05, 0) is 26.2 Å². The van der Waals surface area contributed by atoms with Crippen molar-refractivity contribution >= 4 is 23.5 Å². The van der Waals surface area contributed by atoms with Crippen LogP contribution in [0.4, 0.5) is 0 Å². The Morgan fingerprint density at radius 1 is 1.23 bits per heavy atom. The Hall–Kier alpha value is -2.79. The number of aryl methyl sites for hydroxylation is 1. The zero-order chi connectivity index (χ0) is 22.5. The molecule has 0 aromatic carbocycles. The highest BCUT2D eigenvalue weighted by Gasteiger charge is 2.50. The summed E-state index contributed by atoms with van der Waals surface area (Å²) in [6.07, 6.45) is 0.434. The number of rotatable bonds is 11. The minimum absolute atomic E-state index is 0.0395. The van der Waals surface area contributed by atoms with Crippen LogP contribution in [0.2, 0.25) is 0 Å². The highest BCUT2D eigenvalue weighted by atomic mass is 16.6. The molecule has 1 aromatic rings. The Morgan fingerprint density at radius 3 is 2.40 bits per heavy atom. The predicted octanol–water partition coefficient (Wildman–Crippen LogP) is -0.921. The number of nitrogens with zero attached hydrogens (tertiary/aromatic N) is 1. The molecule has 0 unspecified atom stereocenters. The number of ether oxygens (including phenoxy) is 1. The van der Waals surface area contributed by atoms with E-state index >= 15 is 0 Å². The monoisotopic (exact) mass is 424 g/mol. The highest BCUT2D eigenvalue weighted by molar-refractivity contribution is 5.98. The number of hydrogen-bond donors (Lipinski definition) is 4. The summed E-state index contributed by atoms with van der Waals surface area (Å²) in [6, 6.07) is -0.634. The van der Waals surface area contributed by atoms with Crippen molar-refractivity contribution in [3.63, 3.8) is 0 Å². The number of aliphatic hydroxyl groups is 1. The molecule has 0 radical (unpaired) electrons. The van der Waals surface area contributed by atoms with E-state index in [2.05, 4.69) is 21.1 Å². The van der Waals surface area contributed by atoms with Crippen LogP contribution in [0.15, 0.2) is 10.6 Å². The van der Waals surface area contributed by atoms with Gasteiger partial charge in [-0.2, -0.15) is 0 Å². The molecule has 2 heterocycles. The van der Waals surface area contributed by atoms with Crippen molar-refractivity contribution in [1.82, 2.24) is 21.1 Å². The molecule has 0 bridgehead atoms. The van der Waals surface area contributed by atoms with Crippen LogP contribution in [-0.2, 0) is 19.1 Å². The fourth-order valence-electron chi connectivity index (χ4n) is 2.76. The minimum Gasteiger partial charge on any atom is -0.394 e. The van der Waals surface area contributed by atoms with Crippen LogP contribution in [0.1, 0.15) is 43.4 Å². The molecule has 11 heteroatoms. The van der Waals surface area contributed by atoms with E-state index in [0.29, 0.717) is 18.8 Å². The fraction of sp³-hybridized carbons (Fsp3) is 0.632. The molecule has 11 nitrogen and oxygen atoms in total. The van der Waals surface area contributed by atoms with Gasteiger partial charge in [-0.1, -0.05) is 19.0 Å². The van der Waals surface area contributed by atoms with Crippen molar-refractivity contribution in [3.8, 4) is 0 Å². The zero-order valence-electron chi connectivity index (χ0n) is 17.5. The van der Waals surface area contributed by atoms with E-state index in [1.165, 1.54) is 6.07 Å². The summed E-state index contributed by atoms with van der Waals surface area (Å²) in [5.41, 5.74) is -0.913. The third-order valence-electron chi connectivity index (χ3n) is 4.55. The summed E-state index contributed by atoms with van der Waals surface area (Å²) >= 11 is 0. The predicted molar refractivity (Wildman–Crippen MR) is 103 cm³/mol. The largest absolute Gasteiger partial charge is 0.394 e. The van der Waals surface area contributed by atoms with Crippen LogP contribution in [0.3, 0.4) is 0 Å². The van der Waals surface area contributed by atoms with Gasteiger partial charge in [0.15, 0.2) is 11.5 Å². The molecule has 4 N–H and O–H groups in total. The van der Waals surface area contributed by atoms with Gasteiger partial charge in [-0.3, -0.25) is 19.2 Å². The van der Waals surface area contributed by atoms with Crippen molar-refractivity contribution in [1.29, 1.82) is 0 Å². The van der Waals surface area contributed by atoms with E-state index in [0.717, 1.165) is 0 Å². The average molecular weight is 424 g/mol. The molecule has 1 aliphatic rings. The maximum Gasteiger partial charge on any atom is 0.274 e. The smallest absolute Gasteiger partial charge is 0.274 e.